The molecule has 1 N–H and O–H groups in total. The van der Waals surface area contributed by atoms with Crippen LogP contribution in [0.15, 0.2) is 36.4 Å². The van der Waals surface area contributed by atoms with E-state index in [1.165, 1.54) is 12.1 Å². The van der Waals surface area contributed by atoms with Crippen molar-refractivity contribution >= 4 is 23.4 Å². The van der Waals surface area contributed by atoms with Crippen LogP contribution < -0.4 is 10.1 Å². The second-order valence-corrected chi connectivity index (χ2v) is 10.3. The molecule has 200 valence electrons. The fourth-order valence-electron chi connectivity index (χ4n) is 4.97. The first kappa shape index (κ1) is 27.3. The summed E-state index contributed by atoms with van der Waals surface area (Å²) in [5, 5.41) is 3.43. The van der Waals surface area contributed by atoms with Gasteiger partial charge in [-0.3, -0.25) is 9.59 Å². The molecular formula is C27H31ClF3N3O3. The average Bonchev–Trinajstić information content (AvgIpc) is 2.95. The number of benzene rings is 2. The molecule has 2 unspecified atom stereocenters. The number of nitrogens with one attached hydrogen (secondary N) is 1. The molecule has 2 aromatic rings. The van der Waals surface area contributed by atoms with Crippen LogP contribution in [-0.2, 0) is 23.9 Å². The van der Waals surface area contributed by atoms with Gasteiger partial charge in [0.25, 0.3) is 11.8 Å². The lowest BCUT2D eigenvalue weighted by Crippen LogP contribution is -2.47. The Labute approximate surface area is 219 Å². The van der Waals surface area contributed by atoms with Crippen LogP contribution in [0.1, 0.15) is 53.7 Å². The Bertz CT molecular complexity index is 1170. The zero-order valence-electron chi connectivity index (χ0n) is 21.1. The molecule has 10 heteroatoms. The Morgan fingerprint density at radius 1 is 1.22 bits per heavy atom. The number of carbonyl (C=O) groups is 2. The molecule has 2 aliphatic rings. The molecule has 2 aliphatic heterocycles. The summed E-state index contributed by atoms with van der Waals surface area (Å²) < 4.78 is 44.9. The number of alkyl halides is 3. The highest BCUT2D eigenvalue weighted by Crippen LogP contribution is 2.33. The van der Waals surface area contributed by atoms with Gasteiger partial charge in [-0.05, 0) is 56.9 Å². The fourth-order valence-corrected chi connectivity index (χ4v) is 5.24. The smallest absolute Gasteiger partial charge is 0.416 e. The molecule has 0 radical (unpaired) electrons. The SMILES string of the molecule is CC1Oc2cc(C(=O)NC3CCN(C(C)Cc4cccc(C(F)(F)F)c4)CC3)cc(Cl)c2CN(C)C1=O. The Hall–Kier alpha value is -2.78. The van der Waals surface area contributed by atoms with Crippen molar-refractivity contribution in [1.82, 2.24) is 15.1 Å². The minimum Gasteiger partial charge on any atom is -0.480 e. The summed E-state index contributed by atoms with van der Waals surface area (Å²) in [4.78, 5) is 29.1. The van der Waals surface area contributed by atoms with Crippen LogP contribution in [0.2, 0.25) is 5.02 Å². The monoisotopic (exact) mass is 537 g/mol. The van der Waals surface area contributed by atoms with Crippen molar-refractivity contribution in [3.63, 3.8) is 0 Å². The predicted octanol–water partition coefficient (Wildman–Crippen LogP) is 4.92. The van der Waals surface area contributed by atoms with Gasteiger partial charge in [-0.25, -0.2) is 0 Å². The molecule has 2 atom stereocenters. The van der Waals surface area contributed by atoms with Crippen LogP contribution in [0.5, 0.6) is 5.75 Å². The van der Waals surface area contributed by atoms with E-state index in [1.807, 2.05) is 6.92 Å². The number of rotatable bonds is 5. The molecule has 1 saturated heterocycles. The Morgan fingerprint density at radius 3 is 2.59 bits per heavy atom. The molecule has 0 bridgehead atoms. The predicted molar refractivity (Wildman–Crippen MR) is 135 cm³/mol. The summed E-state index contributed by atoms with van der Waals surface area (Å²) >= 11 is 6.46. The first-order valence-electron chi connectivity index (χ1n) is 12.4. The minimum atomic E-state index is -4.35. The van der Waals surface area contributed by atoms with Crippen molar-refractivity contribution in [1.29, 1.82) is 0 Å². The van der Waals surface area contributed by atoms with Crippen LogP contribution in [-0.4, -0.2) is 59.9 Å². The normalized spacial score (nSPS) is 20.1. The number of ether oxygens (including phenoxy) is 1. The van der Waals surface area contributed by atoms with Crippen LogP contribution in [0.25, 0.3) is 0 Å². The number of fused-ring (bicyclic) bond motifs is 1. The zero-order valence-corrected chi connectivity index (χ0v) is 21.8. The maximum absolute atomic E-state index is 13.0. The van der Waals surface area contributed by atoms with Gasteiger partial charge in [0.2, 0.25) is 0 Å². The molecule has 6 nitrogen and oxygen atoms in total. The van der Waals surface area contributed by atoms with Crippen molar-refractivity contribution < 1.29 is 27.5 Å². The van der Waals surface area contributed by atoms with E-state index in [0.717, 1.165) is 32.0 Å². The molecule has 2 heterocycles. The van der Waals surface area contributed by atoms with Gasteiger partial charge in [-0.2, -0.15) is 13.2 Å². The first-order valence-corrected chi connectivity index (χ1v) is 12.7. The Morgan fingerprint density at radius 2 is 1.92 bits per heavy atom. The maximum atomic E-state index is 13.0. The van der Waals surface area contributed by atoms with Crippen molar-refractivity contribution in [3.05, 3.63) is 63.7 Å². The highest BCUT2D eigenvalue weighted by Gasteiger charge is 2.31. The summed E-state index contributed by atoms with van der Waals surface area (Å²) in [6.07, 6.45) is -3.06. The average molecular weight is 538 g/mol. The molecule has 0 aliphatic carbocycles. The van der Waals surface area contributed by atoms with Gasteiger partial charge < -0.3 is 19.9 Å². The minimum absolute atomic E-state index is 0.0327. The van der Waals surface area contributed by atoms with Gasteiger partial charge in [0.15, 0.2) is 6.10 Å². The van der Waals surface area contributed by atoms with Gasteiger partial charge in [0, 0.05) is 43.3 Å². The lowest BCUT2D eigenvalue weighted by Gasteiger charge is -2.36. The number of amides is 2. The van der Waals surface area contributed by atoms with E-state index >= 15 is 0 Å². The molecule has 2 aromatic carbocycles. The molecule has 4 rings (SSSR count). The number of likely N-dealkylation sites (N-methyl/N-ethyl adjacent to an activating group) is 1. The first-order chi connectivity index (χ1) is 17.4. The number of halogens is 4. The van der Waals surface area contributed by atoms with E-state index in [9.17, 15) is 22.8 Å². The van der Waals surface area contributed by atoms with Crippen LogP contribution in [0.3, 0.4) is 0 Å². The second kappa shape index (κ2) is 10.9. The summed E-state index contributed by atoms with van der Waals surface area (Å²) in [6, 6.07) is 8.74. The molecule has 2 amide bonds. The standard InChI is InChI=1S/C27H31ClF3N3O3/c1-16(11-18-5-4-6-20(12-18)27(29,30)31)34-9-7-21(8-10-34)32-25(35)19-13-23(28)22-15-33(3)26(36)17(2)37-24(22)14-19/h4-6,12-14,16-17,21H,7-11,15H2,1-3H3,(H,32,35). The third kappa shape index (κ3) is 6.38. The summed E-state index contributed by atoms with van der Waals surface area (Å²) in [5.41, 5.74) is 1.06. The van der Waals surface area contributed by atoms with Crippen LogP contribution in [0, 0.1) is 0 Å². The number of hydrogen-bond donors (Lipinski definition) is 1. The summed E-state index contributed by atoms with van der Waals surface area (Å²) in [5.74, 6) is 0.00810. The number of piperidine rings is 1. The number of nitrogens with zero attached hydrogens (tertiary/aromatic N) is 2. The van der Waals surface area contributed by atoms with Crippen molar-refractivity contribution in [2.75, 3.05) is 20.1 Å². The maximum Gasteiger partial charge on any atom is 0.416 e. The third-order valence-electron chi connectivity index (χ3n) is 7.11. The summed E-state index contributed by atoms with van der Waals surface area (Å²) in [6.45, 7) is 5.43. The van der Waals surface area contributed by atoms with E-state index < -0.39 is 17.8 Å². The molecular weight excluding hydrogens is 507 g/mol. The van der Waals surface area contributed by atoms with Crippen LogP contribution >= 0.6 is 11.6 Å². The van der Waals surface area contributed by atoms with Gasteiger partial charge in [-0.15, -0.1) is 0 Å². The van der Waals surface area contributed by atoms with Gasteiger partial charge in [0.1, 0.15) is 5.75 Å². The second-order valence-electron chi connectivity index (χ2n) is 9.92. The molecule has 1 fully saturated rings. The summed E-state index contributed by atoms with van der Waals surface area (Å²) in [7, 11) is 1.68. The van der Waals surface area contributed by atoms with Crippen molar-refractivity contribution in [2.45, 2.75) is 64.0 Å². The highest BCUT2D eigenvalue weighted by molar-refractivity contribution is 6.32. The number of likely N-dealkylation sites (tertiary alicyclic amines) is 1. The highest BCUT2D eigenvalue weighted by atomic mass is 35.5. The van der Waals surface area contributed by atoms with E-state index in [0.29, 0.717) is 40.4 Å². The molecule has 37 heavy (non-hydrogen) atoms. The van der Waals surface area contributed by atoms with Gasteiger partial charge >= 0.3 is 6.18 Å². The largest absolute Gasteiger partial charge is 0.480 e. The molecule has 0 spiro atoms. The van der Waals surface area contributed by atoms with Gasteiger partial charge in [0.05, 0.1) is 17.1 Å². The lowest BCUT2D eigenvalue weighted by atomic mass is 9.99. The number of hydrogen-bond acceptors (Lipinski definition) is 4. The topological polar surface area (TPSA) is 61.9 Å². The van der Waals surface area contributed by atoms with E-state index in [2.05, 4.69) is 10.2 Å². The molecule has 0 saturated carbocycles. The third-order valence-corrected chi connectivity index (χ3v) is 7.45. The van der Waals surface area contributed by atoms with Crippen LogP contribution in [0.4, 0.5) is 13.2 Å². The number of carbonyl (C=O) groups excluding carboxylic acids is 2. The Kier molecular flexibility index (Phi) is 8.04. The Balaban J connectivity index is 1.34. The lowest BCUT2D eigenvalue weighted by molar-refractivity contribution is -0.137. The zero-order chi connectivity index (χ0) is 26.9. The van der Waals surface area contributed by atoms with Crippen molar-refractivity contribution in [2.24, 2.45) is 0 Å². The molecule has 0 aromatic heterocycles. The fraction of sp³-hybridized carbons (Fsp3) is 0.481. The van der Waals surface area contributed by atoms with E-state index in [-0.39, 0.29) is 23.9 Å². The quantitative estimate of drug-likeness (QED) is 0.588. The van der Waals surface area contributed by atoms with Crippen molar-refractivity contribution in [3.8, 4) is 5.75 Å². The van der Waals surface area contributed by atoms with E-state index in [4.69, 9.17) is 16.3 Å². The van der Waals surface area contributed by atoms with Gasteiger partial charge in [-0.1, -0.05) is 29.8 Å². The van der Waals surface area contributed by atoms with E-state index in [1.54, 1.807) is 37.1 Å².